The van der Waals surface area contributed by atoms with E-state index in [-0.39, 0.29) is 5.56 Å². The van der Waals surface area contributed by atoms with E-state index >= 15 is 0 Å². The SMILES string of the molecule is Cc1ccc(-n2c(-c3ccc(Br)cc3)nc3nn(-c4ccccc4)cc3c2=O)cc1. The number of hydrogen-bond donors (Lipinski definition) is 0. The van der Waals surface area contributed by atoms with E-state index in [0.717, 1.165) is 27.0 Å². The molecule has 0 saturated carbocycles. The van der Waals surface area contributed by atoms with Gasteiger partial charge < -0.3 is 0 Å². The predicted molar refractivity (Wildman–Crippen MR) is 122 cm³/mol. The van der Waals surface area contributed by atoms with Crippen LogP contribution in [0.1, 0.15) is 5.56 Å². The first-order valence-electron chi connectivity index (χ1n) is 9.51. The largest absolute Gasteiger partial charge is 0.269 e. The Kier molecular flexibility index (Phi) is 4.56. The van der Waals surface area contributed by atoms with Crippen LogP contribution in [-0.2, 0) is 0 Å². The predicted octanol–water partition coefficient (Wildman–Crippen LogP) is 5.31. The summed E-state index contributed by atoms with van der Waals surface area (Å²) in [5.41, 5.74) is 3.89. The van der Waals surface area contributed by atoms with Crippen molar-refractivity contribution in [3.63, 3.8) is 0 Å². The second-order valence-electron chi connectivity index (χ2n) is 7.06. The summed E-state index contributed by atoms with van der Waals surface area (Å²) < 4.78 is 4.32. The van der Waals surface area contributed by atoms with Crippen LogP contribution < -0.4 is 5.56 Å². The van der Waals surface area contributed by atoms with Crippen molar-refractivity contribution in [2.45, 2.75) is 6.92 Å². The molecule has 146 valence electrons. The third kappa shape index (κ3) is 3.25. The highest BCUT2D eigenvalue weighted by Crippen LogP contribution is 2.24. The minimum Gasteiger partial charge on any atom is -0.268 e. The fourth-order valence-electron chi connectivity index (χ4n) is 3.40. The van der Waals surface area contributed by atoms with E-state index in [4.69, 9.17) is 4.98 Å². The normalized spacial score (nSPS) is 11.1. The lowest BCUT2D eigenvalue weighted by atomic mass is 10.1. The lowest BCUT2D eigenvalue weighted by Gasteiger charge is -2.12. The van der Waals surface area contributed by atoms with E-state index in [1.807, 2.05) is 85.8 Å². The van der Waals surface area contributed by atoms with Crippen molar-refractivity contribution in [1.29, 1.82) is 0 Å². The Morgan fingerprint density at radius 1 is 0.833 bits per heavy atom. The van der Waals surface area contributed by atoms with Crippen LogP contribution in [0.25, 0.3) is 33.8 Å². The molecule has 0 spiro atoms. The molecule has 0 aliphatic heterocycles. The zero-order valence-electron chi connectivity index (χ0n) is 16.2. The lowest BCUT2D eigenvalue weighted by molar-refractivity contribution is 0.888. The fourth-order valence-corrected chi connectivity index (χ4v) is 3.67. The van der Waals surface area contributed by atoms with Gasteiger partial charge in [-0.25, -0.2) is 9.67 Å². The Morgan fingerprint density at radius 2 is 1.53 bits per heavy atom. The van der Waals surface area contributed by atoms with Crippen LogP contribution in [-0.4, -0.2) is 19.3 Å². The van der Waals surface area contributed by atoms with Crippen LogP contribution in [0.2, 0.25) is 0 Å². The molecular formula is C24H17BrN4O. The van der Waals surface area contributed by atoms with Crippen molar-refractivity contribution < 1.29 is 0 Å². The summed E-state index contributed by atoms with van der Waals surface area (Å²) in [6, 6.07) is 25.3. The molecule has 5 rings (SSSR count). The summed E-state index contributed by atoms with van der Waals surface area (Å²) in [4.78, 5) is 18.4. The van der Waals surface area contributed by atoms with Gasteiger partial charge in [-0.05, 0) is 43.3 Å². The van der Waals surface area contributed by atoms with Crippen molar-refractivity contribution in [2.75, 3.05) is 0 Å². The highest BCUT2D eigenvalue weighted by Gasteiger charge is 2.17. The first kappa shape index (κ1) is 18.5. The third-order valence-corrected chi connectivity index (χ3v) is 5.50. The van der Waals surface area contributed by atoms with Gasteiger partial charge >= 0.3 is 0 Å². The van der Waals surface area contributed by atoms with E-state index in [9.17, 15) is 4.79 Å². The molecule has 2 heterocycles. The highest BCUT2D eigenvalue weighted by molar-refractivity contribution is 9.10. The van der Waals surface area contributed by atoms with Crippen LogP contribution in [0.4, 0.5) is 0 Å². The Hall–Kier alpha value is -3.51. The maximum atomic E-state index is 13.6. The molecule has 5 aromatic rings. The number of aryl methyl sites for hydroxylation is 1. The zero-order chi connectivity index (χ0) is 20.7. The molecule has 6 heteroatoms. The average molecular weight is 457 g/mol. The van der Waals surface area contributed by atoms with E-state index < -0.39 is 0 Å². The molecule has 0 unspecified atom stereocenters. The van der Waals surface area contributed by atoms with Crippen molar-refractivity contribution >= 4 is 27.0 Å². The maximum Gasteiger partial charge on any atom is 0.269 e. The van der Waals surface area contributed by atoms with Gasteiger partial charge in [0.2, 0.25) is 0 Å². The second kappa shape index (κ2) is 7.39. The van der Waals surface area contributed by atoms with Gasteiger partial charge in [0.25, 0.3) is 5.56 Å². The van der Waals surface area contributed by atoms with Crippen molar-refractivity contribution in [1.82, 2.24) is 19.3 Å². The standard InChI is InChI=1S/C24H17BrN4O/c1-16-7-13-20(14-8-16)29-23(17-9-11-18(25)12-10-17)26-22-21(24(29)30)15-28(27-22)19-5-3-2-4-6-19/h2-15H,1H3. The Balaban J connectivity index is 1.81. The van der Waals surface area contributed by atoms with E-state index in [1.54, 1.807) is 15.4 Å². The minimum atomic E-state index is -0.149. The zero-order valence-corrected chi connectivity index (χ0v) is 17.7. The molecule has 0 radical (unpaired) electrons. The number of hydrogen-bond acceptors (Lipinski definition) is 3. The van der Waals surface area contributed by atoms with Gasteiger partial charge in [-0.15, -0.1) is 5.10 Å². The monoisotopic (exact) mass is 456 g/mol. The van der Waals surface area contributed by atoms with E-state index in [2.05, 4.69) is 21.0 Å². The first-order valence-corrected chi connectivity index (χ1v) is 10.3. The molecule has 3 aromatic carbocycles. The molecule has 0 saturated heterocycles. The van der Waals surface area contributed by atoms with Crippen molar-refractivity contribution in [3.8, 4) is 22.8 Å². The van der Waals surface area contributed by atoms with Gasteiger partial charge in [-0.2, -0.15) is 0 Å². The summed E-state index contributed by atoms with van der Waals surface area (Å²) in [5.74, 6) is 0.558. The smallest absolute Gasteiger partial charge is 0.268 e. The number of aromatic nitrogens is 4. The van der Waals surface area contributed by atoms with Crippen molar-refractivity contribution in [2.24, 2.45) is 0 Å². The van der Waals surface area contributed by atoms with Crippen molar-refractivity contribution in [3.05, 3.63) is 105 Å². The molecule has 0 fully saturated rings. The van der Waals surface area contributed by atoms with Gasteiger partial charge in [0, 0.05) is 16.2 Å². The molecule has 0 atom stereocenters. The second-order valence-corrected chi connectivity index (χ2v) is 7.98. The molecule has 0 bridgehead atoms. The van der Waals surface area contributed by atoms with Crippen LogP contribution in [0.15, 0.2) is 94.3 Å². The number of nitrogens with zero attached hydrogens (tertiary/aromatic N) is 4. The van der Waals surface area contributed by atoms with Crippen LogP contribution >= 0.6 is 15.9 Å². The molecular weight excluding hydrogens is 440 g/mol. The fraction of sp³-hybridized carbons (Fsp3) is 0.0417. The molecule has 2 aromatic heterocycles. The summed E-state index contributed by atoms with van der Waals surface area (Å²) in [6.07, 6.45) is 1.75. The van der Waals surface area contributed by atoms with Gasteiger partial charge in [-0.1, -0.05) is 64.0 Å². The van der Waals surface area contributed by atoms with Gasteiger partial charge in [0.15, 0.2) is 5.65 Å². The quantitative estimate of drug-likeness (QED) is 0.369. The summed E-state index contributed by atoms with van der Waals surface area (Å²) in [7, 11) is 0. The van der Waals surface area contributed by atoms with Crippen LogP contribution in [0, 0.1) is 6.92 Å². The van der Waals surface area contributed by atoms with Crippen LogP contribution in [0.3, 0.4) is 0 Å². The van der Waals surface area contributed by atoms with Gasteiger partial charge in [0.05, 0.1) is 11.4 Å². The topological polar surface area (TPSA) is 52.7 Å². The average Bonchev–Trinajstić information content (AvgIpc) is 3.21. The summed E-state index contributed by atoms with van der Waals surface area (Å²) >= 11 is 3.47. The van der Waals surface area contributed by atoms with Gasteiger partial charge in [-0.3, -0.25) is 9.36 Å². The number of para-hydroxylation sites is 1. The Bertz CT molecular complexity index is 1400. The molecule has 0 aliphatic rings. The Labute approximate surface area is 181 Å². The maximum absolute atomic E-state index is 13.6. The number of halogens is 1. The molecule has 0 aliphatic carbocycles. The Morgan fingerprint density at radius 3 is 2.23 bits per heavy atom. The molecule has 5 nitrogen and oxygen atoms in total. The first-order chi connectivity index (χ1) is 14.6. The minimum absolute atomic E-state index is 0.149. The third-order valence-electron chi connectivity index (χ3n) is 4.97. The number of fused-ring (bicyclic) bond motifs is 1. The number of benzene rings is 3. The summed E-state index contributed by atoms with van der Waals surface area (Å²) in [6.45, 7) is 2.02. The molecule has 0 amide bonds. The highest BCUT2D eigenvalue weighted by atomic mass is 79.9. The van der Waals surface area contributed by atoms with Gasteiger partial charge in [0.1, 0.15) is 11.2 Å². The van der Waals surface area contributed by atoms with Crippen LogP contribution in [0.5, 0.6) is 0 Å². The lowest BCUT2D eigenvalue weighted by Crippen LogP contribution is -2.21. The molecule has 30 heavy (non-hydrogen) atoms. The molecule has 0 N–H and O–H groups in total. The van der Waals surface area contributed by atoms with E-state index in [1.165, 1.54) is 0 Å². The van der Waals surface area contributed by atoms with E-state index in [0.29, 0.717) is 16.9 Å². The summed E-state index contributed by atoms with van der Waals surface area (Å²) in [5, 5.41) is 5.05. The number of rotatable bonds is 3.